The van der Waals surface area contributed by atoms with Gasteiger partial charge >= 0.3 is 0 Å². The van der Waals surface area contributed by atoms with Crippen LogP contribution in [-0.4, -0.2) is 35.1 Å². The molecule has 0 spiro atoms. The van der Waals surface area contributed by atoms with E-state index in [4.69, 9.17) is 9.47 Å². The monoisotopic (exact) mass is 454 g/mol. The Hall–Kier alpha value is -3.52. The van der Waals surface area contributed by atoms with Crippen molar-refractivity contribution >= 4 is 27.3 Å². The van der Waals surface area contributed by atoms with E-state index in [2.05, 4.69) is 5.32 Å². The van der Waals surface area contributed by atoms with Crippen LogP contribution in [0.1, 0.15) is 11.1 Å². The smallest absolute Gasteiger partial charge is 0.264 e. The summed E-state index contributed by atoms with van der Waals surface area (Å²) in [6, 6.07) is 18.5. The zero-order valence-corrected chi connectivity index (χ0v) is 19.3. The van der Waals surface area contributed by atoms with Gasteiger partial charge in [0.15, 0.2) is 0 Å². The molecular weight excluding hydrogens is 428 g/mol. The molecule has 0 fully saturated rings. The highest BCUT2D eigenvalue weighted by Gasteiger charge is 2.29. The van der Waals surface area contributed by atoms with Crippen LogP contribution in [0.5, 0.6) is 11.5 Å². The van der Waals surface area contributed by atoms with E-state index >= 15 is 0 Å². The van der Waals surface area contributed by atoms with Crippen LogP contribution in [0.4, 0.5) is 11.4 Å². The number of hydrogen-bond acceptors (Lipinski definition) is 5. The summed E-state index contributed by atoms with van der Waals surface area (Å²) in [5.41, 5.74) is 2.78. The van der Waals surface area contributed by atoms with E-state index in [-0.39, 0.29) is 16.3 Å². The number of ether oxygens (including phenoxy) is 2. The number of nitrogens with one attached hydrogen (secondary N) is 1. The second-order valence-corrected chi connectivity index (χ2v) is 9.14. The van der Waals surface area contributed by atoms with Gasteiger partial charge in [0.1, 0.15) is 18.0 Å². The third-order valence-corrected chi connectivity index (χ3v) is 6.66. The van der Waals surface area contributed by atoms with Crippen LogP contribution in [0.15, 0.2) is 71.6 Å². The van der Waals surface area contributed by atoms with Gasteiger partial charge in [-0.2, -0.15) is 0 Å². The van der Waals surface area contributed by atoms with Gasteiger partial charge in [0.05, 0.1) is 24.8 Å². The predicted molar refractivity (Wildman–Crippen MR) is 125 cm³/mol. The number of methoxy groups -OCH3 is 2. The third kappa shape index (κ3) is 5.20. The highest BCUT2D eigenvalue weighted by Crippen LogP contribution is 2.35. The van der Waals surface area contributed by atoms with Crippen LogP contribution >= 0.6 is 0 Å². The Morgan fingerprint density at radius 3 is 2.03 bits per heavy atom. The van der Waals surface area contributed by atoms with E-state index in [0.29, 0.717) is 11.4 Å². The summed E-state index contributed by atoms with van der Waals surface area (Å²) in [6.07, 6.45) is 0. The van der Waals surface area contributed by atoms with E-state index < -0.39 is 22.5 Å². The molecule has 0 aromatic heterocycles. The summed E-state index contributed by atoms with van der Waals surface area (Å²) < 4.78 is 38.8. The molecule has 0 aliphatic rings. The van der Waals surface area contributed by atoms with Crippen LogP contribution in [0, 0.1) is 13.8 Å². The summed E-state index contributed by atoms with van der Waals surface area (Å²) in [4.78, 5) is 12.9. The van der Waals surface area contributed by atoms with E-state index in [1.165, 1.54) is 26.4 Å². The zero-order valence-electron chi connectivity index (χ0n) is 18.5. The number of carbonyl (C=O) groups excluding carboxylic acids is 1. The van der Waals surface area contributed by atoms with Gasteiger partial charge in [-0.15, -0.1) is 0 Å². The molecule has 32 heavy (non-hydrogen) atoms. The lowest BCUT2D eigenvalue weighted by atomic mass is 10.2. The molecule has 3 aromatic carbocycles. The first-order valence-electron chi connectivity index (χ1n) is 9.92. The molecule has 8 heteroatoms. The number of aryl methyl sites for hydroxylation is 2. The molecule has 0 saturated heterocycles. The van der Waals surface area contributed by atoms with Crippen LogP contribution < -0.4 is 19.1 Å². The fourth-order valence-corrected chi connectivity index (χ4v) is 4.53. The maximum atomic E-state index is 13.6. The van der Waals surface area contributed by atoms with Gasteiger partial charge in [-0.1, -0.05) is 35.4 Å². The average Bonchev–Trinajstić information content (AvgIpc) is 2.79. The Morgan fingerprint density at radius 2 is 1.47 bits per heavy atom. The second kappa shape index (κ2) is 9.74. The standard InChI is InChI=1S/C24H26N2O5S/c1-17-5-9-19(10-6-17)25-24(27)16-26(22-14-11-20(30-3)15-23(22)31-4)32(28,29)21-12-7-18(2)8-13-21/h5-15H,16H2,1-4H3,(H,25,27). The Kier molecular flexibility index (Phi) is 7.05. The minimum atomic E-state index is -4.07. The largest absolute Gasteiger partial charge is 0.497 e. The van der Waals surface area contributed by atoms with Crippen molar-refractivity contribution in [2.45, 2.75) is 18.7 Å². The Balaban J connectivity index is 2.02. The van der Waals surface area contributed by atoms with E-state index in [1.807, 2.05) is 26.0 Å². The van der Waals surface area contributed by atoms with Gasteiger partial charge in [0.2, 0.25) is 5.91 Å². The number of anilines is 2. The van der Waals surface area contributed by atoms with Crippen molar-refractivity contribution in [1.29, 1.82) is 0 Å². The molecule has 0 aliphatic carbocycles. The third-order valence-electron chi connectivity index (χ3n) is 4.89. The van der Waals surface area contributed by atoms with Crippen LogP contribution in [0.25, 0.3) is 0 Å². The topological polar surface area (TPSA) is 84.9 Å². The normalized spacial score (nSPS) is 11.0. The molecule has 0 atom stereocenters. The molecule has 168 valence electrons. The number of amides is 1. The molecule has 1 amide bonds. The van der Waals surface area contributed by atoms with Crippen molar-refractivity contribution in [1.82, 2.24) is 0 Å². The lowest BCUT2D eigenvalue weighted by Gasteiger charge is -2.26. The van der Waals surface area contributed by atoms with E-state index in [1.54, 1.807) is 42.5 Å². The summed E-state index contributed by atoms with van der Waals surface area (Å²) in [6.45, 7) is 3.37. The zero-order chi connectivity index (χ0) is 23.3. The van der Waals surface area contributed by atoms with Gasteiger partial charge in [-0.05, 0) is 50.2 Å². The molecule has 0 bridgehead atoms. The van der Waals surface area contributed by atoms with Gasteiger partial charge in [0, 0.05) is 11.8 Å². The fourth-order valence-electron chi connectivity index (χ4n) is 3.10. The first-order chi connectivity index (χ1) is 15.2. The predicted octanol–water partition coefficient (Wildman–Crippen LogP) is 4.15. The molecule has 3 aromatic rings. The SMILES string of the molecule is COc1ccc(N(CC(=O)Nc2ccc(C)cc2)S(=O)(=O)c2ccc(C)cc2)c(OC)c1. The van der Waals surface area contributed by atoms with E-state index in [9.17, 15) is 13.2 Å². The Labute approximate surface area is 188 Å². The minimum absolute atomic E-state index is 0.0732. The molecule has 0 unspecified atom stereocenters. The van der Waals surface area contributed by atoms with Crippen LogP contribution in [-0.2, 0) is 14.8 Å². The number of sulfonamides is 1. The highest BCUT2D eigenvalue weighted by molar-refractivity contribution is 7.92. The first-order valence-corrected chi connectivity index (χ1v) is 11.4. The van der Waals surface area contributed by atoms with Crippen molar-refractivity contribution < 1.29 is 22.7 Å². The maximum absolute atomic E-state index is 13.6. The van der Waals surface area contributed by atoms with Crippen LogP contribution in [0.2, 0.25) is 0 Å². The molecule has 0 saturated carbocycles. The average molecular weight is 455 g/mol. The van der Waals surface area contributed by atoms with Crippen molar-refractivity contribution in [3.05, 3.63) is 77.9 Å². The van der Waals surface area contributed by atoms with Crippen LogP contribution in [0.3, 0.4) is 0 Å². The van der Waals surface area contributed by atoms with Gasteiger partial charge in [-0.3, -0.25) is 9.10 Å². The molecule has 3 rings (SSSR count). The first kappa shape index (κ1) is 23.1. The fraction of sp³-hybridized carbons (Fsp3) is 0.208. The summed E-state index contributed by atoms with van der Waals surface area (Å²) in [5.74, 6) is 0.285. The molecule has 7 nitrogen and oxygen atoms in total. The number of nitrogens with zero attached hydrogens (tertiary/aromatic N) is 1. The Bertz CT molecular complexity index is 1190. The summed E-state index contributed by atoms with van der Waals surface area (Å²) in [7, 11) is -1.13. The molecule has 1 N–H and O–H groups in total. The van der Waals surface area contributed by atoms with Crippen molar-refractivity contribution in [2.75, 3.05) is 30.4 Å². The quantitative estimate of drug-likeness (QED) is 0.553. The molecule has 0 aliphatic heterocycles. The minimum Gasteiger partial charge on any atom is -0.497 e. The van der Waals surface area contributed by atoms with E-state index in [0.717, 1.165) is 15.4 Å². The van der Waals surface area contributed by atoms with Gasteiger partial charge < -0.3 is 14.8 Å². The van der Waals surface area contributed by atoms with Crippen molar-refractivity contribution in [3.63, 3.8) is 0 Å². The van der Waals surface area contributed by atoms with Gasteiger partial charge in [-0.25, -0.2) is 8.42 Å². The highest BCUT2D eigenvalue weighted by atomic mass is 32.2. The van der Waals surface area contributed by atoms with Crippen molar-refractivity contribution in [2.24, 2.45) is 0 Å². The summed E-state index contributed by atoms with van der Waals surface area (Å²) >= 11 is 0. The molecule has 0 heterocycles. The number of carbonyl (C=O) groups is 1. The maximum Gasteiger partial charge on any atom is 0.264 e. The number of benzene rings is 3. The molecular formula is C24H26N2O5S. The number of hydrogen-bond donors (Lipinski definition) is 1. The Morgan fingerprint density at radius 1 is 0.875 bits per heavy atom. The number of rotatable bonds is 8. The van der Waals surface area contributed by atoms with Crippen molar-refractivity contribution in [3.8, 4) is 11.5 Å². The summed E-state index contributed by atoms with van der Waals surface area (Å²) in [5, 5.41) is 2.75. The second-order valence-electron chi connectivity index (χ2n) is 7.28. The van der Waals surface area contributed by atoms with Gasteiger partial charge in [0.25, 0.3) is 10.0 Å². The lowest BCUT2D eigenvalue weighted by molar-refractivity contribution is -0.114. The lowest BCUT2D eigenvalue weighted by Crippen LogP contribution is -2.38. The molecule has 0 radical (unpaired) electrons.